The van der Waals surface area contributed by atoms with Crippen LogP contribution in [0.1, 0.15) is 71.6 Å². The summed E-state index contributed by atoms with van der Waals surface area (Å²) in [5.74, 6) is -0.788. The van der Waals surface area contributed by atoms with Gasteiger partial charge in [-0.25, -0.2) is 4.39 Å². The summed E-state index contributed by atoms with van der Waals surface area (Å²) in [6.45, 7) is 3.53. The number of rotatable bonds is 10. The van der Waals surface area contributed by atoms with Crippen LogP contribution in [0.2, 0.25) is 0 Å². The fraction of sp³-hybridized carbons (Fsp3) is 0.447. The predicted molar refractivity (Wildman–Crippen MR) is 182 cm³/mol. The molecule has 256 valence electrons. The number of anilines is 2. The number of aliphatic hydroxyl groups excluding tert-OH is 1. The number of nitrogens with one attached hydrogen (secondary N) is 2. The van der Waals surface area contributed by atoms with Crippen LogP contribution in [-0.4, -0.2) is 74.1 Å². The quantitative estimate of drug-likeness (QED) is 0.291. The summed E-state index contributed by atoms with van der Waals surface area (Å²) in [7, 11) is 0. The van der Waals surface area contributed by atoms with E-state index in [2.05, 4.69) is 33.7 Å². The number of halogens is 1. The lowest BCUT2D eigenvalue weighted by Gasteiger charge is -2.48. The Morgan fingerprint density at radius 3 is 2.63 bits per heavy atom. The van der Waals surface area contributed by atoms with Gasteiger partial charge in [0.05, 0.1) is 48.2 Å². The molecule has 2 amide bonds. The summed E-state index contributed by atoms with van der Waals surface area (Å²) in [5, 5.41) is 27.7. The minimum atomic E-state index is -1.06. The SMILES string of the molecule is N#Cc1cccc(C[C@H](NC(=O)c2cccc(N3CCCC3=O)c2F)[C@H](O)CN[C@H]2CC3(CCC3)Oc3ccc(N4CCOCC4)cc32)c1. The molecular weight excluding hydrogens is 625 g/mol. The van der Waals surface area contributed by atoms with E-state index in [-0.39, 0.29) is 41.8 Å². The summed E-state index contributed by atoms with van der Waals surface area (Å²) >= 11 is 0. The maximum Gasteiger partial charge on any atom is 0.254 e. The van der Waals surface area contributed by atoms with Crippen molar-refractivity contribution in [2.24, 2.45) is 0 Å². The number of fused-ring (bicyclic) bond motifs is 1. The van der Waals surface area contributed by atoms with Gasteiger partial charge in [0, 0.05) is 56.3 Å². The number of ether oxygens (including phenoxy) is 2. The Morgan fingerprint density at radius 2 is 1.90 bits per heavy atom. The zero-order chi connectivity index (χ0) is 34.0. The molecule has 3 aliphatic heterocycles. The van der Waals surface area contributed by atoms with Crippen molar-refractivity contribution in [1.29, 1.82) is 5.26 Å². The molecule has 49 heavy (non-hydrogen) atoms. The highest BCUT2D eigenvalue weighted by Crippen LogP contribution is 2.49. The standard InChI is InChI=1S/C38H42FN5O5/c39-36-28(7-2-8-32(36)44-14-3-9-35(44)46)37(47)42-30(20-25-5-1-6-26(19-25)23-40)33(45)24-41-31-22-38(12-4-13-38)49-34-11-10-27(21-29(31)34)43-15-17-48-18-16-43/h1-2,5-8,10-11,19,21,30-31,33,41,45H,3-4,9,12-18,20,22,24H2,(H,42,47)/t30-,31-,33+/m0/s1. The third-order valence-corrected chi connectivity index (χ3v) is 10.4. The van der Waals surface area contributed by atoms with E-state index in [1.807, 2.05) is 12.1 Å². The van der Waals surface area contributed by atoms with Gasteiger partial charge in [0.1, 0.15) is 11.4 Å². The van der Waals surface area contributed by atoms with Crippen molar-refractivity contribution >= 4 is 23.2 Å². The van der Waals surface area contributed by atoms with Gasteiger partial charge in [0.25, 0.3) is 5.91 Å². The average molecular weight is 668 g/mol. The normalized spacial score (nSPS) is 20.9. The molecule has 4 aliphatic rings. The molecule has 1 spiro atoms. The molecule has 2 saturated heterocycles. The molecule has 0 unspecified atom stereocenters. The van der Waals surface area contributed by atoms with E-state index >= 15 is 4.39 Å². The molecule has 0 radical (unpaired) electrons. The second-order valence-corrected chi connectivity index (χ2v) is 13.6. The van der Waals surface area contributed by atoms with Crippen molar-refractivity contribution in [1.82, 2.24) is 10.6 Å². The number of nitriles is 1. The van der Waals surface area contributed by atoms with Crippen molar-refractivity contribution in [3.05, 3.63) is 88.7 Å². The van der Waals surface area contributed by atoms with E-state index in [4.69, 9.17) is 9.47 Å². The highest BCUT2D eigenvalue weighted by molar-refractivity contribution is 5.99. The topological polar surface area (TPSA) is 127 Å². The van der Waals surface area contributed by atoms with Gasteiger partial charge in [0.15, 0.2) is 5.82 Å². The number of benzene rings is 3. The molecule has 3 aromatic carbocycles. The lowest BCUT2D eigenvalue weighted by molar-refractivity contribution is -0.117. The van der Waals surface area contributed by atoms with Crippen LogP contribution in [0.15, 0.2) is 60.7 Å². The van der Waals surface area contributed by atoms with Gasteiger partial charge in [-0.05, 0) is 80.1 Å². The Bertz CT molecular complexity index is 1750. The minimum Gasteiger partial charge on any atom is -0.487 e. The van der Waals surface area contributed by atoms with Gasteiger partial charge >= 0.3 is 0 Å². The van der Waals surface area contributed by atoms with Crippen LogP contribution in [0.25, 0.3) is 0 Å². The summed E-state index contributed by atoms with van der Waals surface area (Å²) in [6.07, 6.45) is 3.93. The van der Waals surface area contributed by atoms with Crippen LogP contribution in [0.3, 0.4) is 0 Å². The summed E-state index contributed by atoms with van der Waals surface area (Å²) in [4.78, 5) is 29.7. The fourth-order valence-corrected chi connectivity index (χ4v) is 7.50. The van der Waals surface area contributed by atoms with Crippen molar-refractivity contribution in [3.8, 4) is 11.8 Å². The van der Waals surface area contributed by atoms with Gasteiger partial charge < -0.3 is 35.0 Å². The molecule has 3 heterocycles. The smallest absolute Gasteiger partial charge is 0.254 e. The van der Waals surface area contributed by atoms with Gasteiger partial charge in [-0.2, -0.15) is 5.26 Å². The number of morpholine rings is 1. The lowest BCUT2D eigenvalue weighted by Crippen LogP contribution is -2.52. The van der Waals surface area contributed by atoms with Crippen molar-refractivity contribution in [3.63, 3.8) is 0 Å². The molecule has 3 atom stereocenters. The molecule has 0 bridgehead atoms. The minimum absolute atomic E-state index is 0.0789. The Balaban J connectivity index is 1.12. The van der Waals surface area contributed by atoms with Gasteiger partial charge in [0.2, 0.25) is 5.91 Å². The second-order valence-electron chi connectivity index (χ2n) is 13.6. The number of amides is 2. The van der Waals surface area contributed by atoms with Crippen LogP contribution in [0.4, 0.5) is 15.8 Å². The highest BCUT2D eigenvalue weighted by atomic mass is 19.1. The van der Waals surface area contributed by atoms with Crippen molar-refractivity contribution < 1.29 is 28.6 Å². The van der Waals surface area contributed by atoms with E-state index in [1.54, 1.807) is 24.3 Å². The third kappa shape index (κ3) is 6.99. The molecule has 3 N–H and O–H groups in total. The van der Waals surface area contributed by atoms with E-state index in [9.17, 15) is 20.0 Å². The molecule has 3 fully saturated rings. The molecule has 0 aromatic heterocycles. The number of carbonyl (C=O) groups excluding carboxylic acids is 2. The predicted octanol–water partition coefficient (Wildman–Crippen LogP) is 4.40. The number of hydrogen-bond acceptors (Lipinski definition) is 8. The molecule has 10 nitrogen and oxygen atoms in total. The average Bonchev–Trinajstić information content (AvgIpc) is 3.54. The Labute approximate surface area is 285 Å². The second kappa shape index (κ2) is 14.2. The third-order valence-electron chi connectivity index (χ3n) is 10.4. The first-order chi connectivity index (χ1) is 23.8. The van der Waals surface area contributed by atoms with Crippen molar-refractivity contribution in [2.45, 2.75) is 68.7 Å². The molecule has 11 heteroatoms. The molecule has 3 aromatic rings. The van der Waals surface area contributed by atoms with Gasteiger partial charge in [-0.1, -0.05) is 18.2 Å². The molecular formula is C38H42FN5O5. The summed E-state index contributed by atoms with van der Waals surface area (Å²) in [5.41, 5.74) is 2.99. The zero-order valence-corrected chi connectivity index (χ0v) is 27.5. The maximum atomic E-state index is 15.7. The van der Waals surface area contributed by atoms with E-state index < -0.39 is 23.9 Å². The van der Waals surface area contributed by atoms with E-state index in [0.717, 1.165) is 61.3 Å². The first kappa shape index (κ1) is 33.0. The Morgan fingerprint density at radius 1 is 1.08 bits per heavy atom. The number of carbonyl (C=O) groups is 2. The van der Waals surface area contributed by atoms with Crippen LogP contribution in [0, 0.1) is 17.1 Å². The van der Waals surface area contributed by atoms with Crippen LogP contribution in [0.5, 0.6) is 5.75 Å². The first-order valence-electron chi connectivity index (χ1n) is 17.3. The highest BCUT2D eigenvalue weighted by Gasteiger charge is 2.46. The fourth-order valence-electron chi connectivity index (χ4n) is 7.50. The molecule has 7 rings (SSSR count). The lowest BCUT2D eigenvalue weighted by atomic mass is 9.73. The number of hydrogen-bond donors (Lipinski definition) is 3. The van der Waals surface area contributed by atoms with E-state index in [0.29, 0.717) is 38.2 Å². The van der Waals surface area contributed by atoms with E-state index in [1.165, 1.54) is 17.0 Å². The monoisotopic (exact) mass is 667 g/mol. The van der Waals surface area contributed by atoms with Crippen molar-refractivity contribution in [2.75, 3.05) is 49.2 Å². The zero-order valence-electron chi connectivity index (χ0n) is 27.5. The van der Waals surface area contributed by atoms with Gasteiger partial charge in [-0.15, -0.1) is 0 Å². The van der Waals surface area contributed by atoms with Crippen LogP contribution < -0.4 is 25.2 Å². The summed E-state index contributed by atoms with van der Waals surface area (Å²) in [6, 6.07) is 19.0. The largest absolute Gasteiger partial charge is 0.487 e. The van der Waals surface area contributed by atoms with Crippen LogP contribution >= 0.6 is 0 Å². The number of nitrogens with zero attached hydrogens (tertiary/aromatic N) is 3. The number of aliphatic hydroxyl groups is 1. The Hall–Kier alpha value is -4.50. The first-order valence-corrected chi connectivity index (χ1v) is 17.3. The molecule has 1 saturated carbocycles. The molecule has 1 aliphatic carbocycles. The Kier molecular flexibility index (Phi) is 9.54. The van der Waals surface area contributed by atoms with Gasteiger partial charge in [-0.3, -0.25) is 9.59 Å². The maximum absolute atomic E-state index is 15.7. The summed E-state index contributed by atoms with van der Waals surface area (Å²) < 4.78 is 27.9. The van der Waals surface area contributed by atoms with Crippen LogP contribution in [-0.2, 0) is 16.0 Å².